The van der Waals surface area contributed by atoms with Crippen LogP contribution in [-0.2, 0) is 16.1 Å². The van der Waals surface area contributed by atoms with Crippen LogP contribution in [0.4, 0.5) is 4.79 Å². The summed E-state index contributed by atoms with van der Waals surface area (Å²) in [6, 6.07) is 9.70. The van der Waals surface area contributed by atoms with Crippen LogP contribution in [0, 0.1) is 11.8 Å². The highest BCUT2D eigenvalue weighted by atomic mass is 16.6. The highest BCUT2D eigenvalue weighted by molar-refractivity contribution is 5.67. The molecule has 2 heterocycles. The minimum atomic E-state index is -1.54. The van der Waals surface area contributed by atoms with E-state index >= 15 is 0 Å². The fourth-order valence-electron chi connectivity index (χ4n) is 3.56. The zero-order chi connectivity index (χ0) is 19.8. The molecule has 2 saturated heterocycles. The molecule has 0 unspecified atom stereocenters. The van der Waals surface area contributed by atoms with Gasteiger partial charge in [-0.15, -0.1) is 0 Å². The molecule has 5 nitrogen and oxygen atoms in total. The van der Waals surface area contributed by atoms with Crippen LogP contribution in [-0.4, -0.2) is 50.3 Å². The van der Waals surface area contributed by atoms with E-state index < -0.39 is 6.56 Å². The number of ether oxygens (including phenoxy) is 2. The van der Waals surface area contributed by atoms with Crippen LogP contribution in [0.1, 0.15) is 40.4 Å². The second-order valence-electron chi connectivity index (χ2n) is 7.25. The molecule has 0 spiro atoms. The Kier molecular flexibility index (Phi) is 6.71. The first-order valence-corrected chi connectivity index (χ1v) is 9.85. The Bertz CT molecular complexity index is 601. The largest absolute Gasteiger partial charge is 0.445 e. The maximum absolute atomic E-state index is 12.2. The van der Waals surface area contributed by atoms with Crippen molar-refractivity contribution in [1.29, 1.82) is 0 Å². The first-order valence-electron chi connectivity index (χ1n) is 10.8. The van der Waals surface area contributed by atoms with E-state index in [1.54, 1.807) is 4.90 Å². The van der Waals surface area contributed by atoms with Crippen LogP contribution < -0.4 is 5.32 Å². The Morgan fingerprint density at radius 1 is 1.12 bits per heavy atom. The molecule has 1 aromatic rings. The summed E-state index contributed by atoms with van der Waals surface area (Å²) in [6.07, 6.45) is 4.09. The molecule has 0 aromatic heterocycles. The molecular formula is C21H32N2O3. The van der Waals surface area contributed by atoms with E-state index in [4.69, 9.17) is 12.2 Å². The molecule has 3 rings (SSSR count). The summed E-state index contributed by atoms with van der Waals surface area (Å²) in [5.74, 6) is 0.456. The summed E-state index contributed by atoms with van der Waals surface area (Å²) in [5.41, 5.74) is 0.992. The highest BCUT2D eigenvalue weighted by Gasteiger charge is 2.23. The summed E-state index contributed by atoms with van der Waals surface area (Å²) >= 11 is 0. The van der Waals surface area contributed by atoms with Gasteiger partial charge in [0, 0.05) is 26.3 Å². The maximum Gasteiger partial charge on any atom is 0.410 e. The number of rotatable bonds is 7. The second kappa shape index (κ2) is 10.5. The van der Waals surface area contributed by atoms with Crippen molar-refractivity contribution in [3.63, 3.8) is 0 Å². The number of hydrogen-bond acceptors (Lipinski definition) is 4. The quantitative estimate of drug-likeness (QED) is 0.807. The molecule has 1 amide bonds. The molecule has 2 aliphatic rings. The van der Waals surface area contributed by atoms with Crippen molar-refractivity contribution in [2.75, 3.05) is 39.3 Å². The molecule has 1 aromatic carbocycles. The summed E-state index contributed by atoms with van der Waals surface area (Å²) in [5, 5.41) is 3.26. The number of likely N-dealkylation sites (tertiary alicyclic amines) is 1. The van der Waals surface area contributed by atoms with Gasteiger partial charge in [-0.1, -0.05) is 30.3 Å². The molecule has 0 aliphatic carbocycles. The van der Waals surface area contributed by atoms with Crippen molar-refractivity contribution in [2.45, 2.75) is 38.7 Å². The van der Waals surface area contributed by atoms with Crippen molar-refractivity contribution in [3.05, 3.63) is 35.9 Å². The van der Waals surface area contributed by atoms with Crippen molar-refractivity contribution < 1.29 is 17.0 Å². The number of nitrogens with one attached hydrogen (secondary N) is 1. The minimum Gasteiger partial charge on any atom is -0.445 e. The first-order chi connectivity index (χ1) is 13.5. The van der Waals surface area contributed by atoms with Gasteiger partial charge in [-0.2, -0.15) is 0 Å². The molecule has 1 N–H and O–H groups in total. The van der Waals surface area contributed by atoms with Crippen molar-refractivity contribution in [1.82, 2.24) is 10.2 Å². The molecule has 0 bridgehead atoms. The number of piperidine rings is 2. The van der Waals surface area contributed by atoms with Gasteiger partial charge in [0.15, 0.2) is 0 Å². The standard InChI is InChI=1S/C21H32N2O3/c24-21(26-17-19-4-2-1-3-5-19)23-13-8-18(9-14-23)10-15-25-16-20-6-11-22-12-7-20/h1-5,18,20,22H,6-17H2/i16D2. The highest BCUT2D eigenvalue weighted by Crippen LogP contribution is 2.21. The second-order valence-corrected chi connectivity index (χ2v) is 7.25. The van der Waals surface area contributed by atoms with E-state index in [2.05, 4.69) is 5.32 Å². The fourth-order valence-corrected chi connectivity index (χ4v) is 3.56. The minimum absolute atomic E-state index is 0.0185. The third-order valence-corrected chi connectivity index (χ3v) is 5.30. The Morgan fingerprint density at radius 3 is 2.58 bits per heavy atom. The number of hydrogen-bond donors (Lipinski definition) is 1. The predicted octanol–water partition coefficient (Wildman–Crippen LogP) is 3.44. The summed E-state index contributed by atoms with van der Waals surface area (Å²) in [6.45, 7) is 2.33. The molecule has 0 atom stereocenters. The third kappa shape index (κ3) is 6.29. The lowest BCUT2D eigenvalue weighted by Gasteiger charge is -2.31. The van der Waals surface area contributed by atoms with Crippen molar-refractivity contribution in [2.24, 2.45) is 11.8 Å². The van der Waals surface area contributed by atoms with Crippen LogP contribution in [0.2, 0.25) is 0 Å². The van der Waals surface area contributed by atoms with E-state index in [1.807, 2.05) is 30.3 Å². The Morgan fingerprint density at radius 2 is 1.85 bits per heavy atom. The number of carbonyl (C=O) groups excluding carboxylic acids is 1. The fraction of sp³-hybridized carbons (Fsp3) is 0.667. The van der Waals surface area contributed by atoms with E-state index in [9.17, 15) is 4.79 Å². The molecular weight excluding hydrogens is 328 g/mol. The van der Waals surface area contributed by atoms with Crippen LogP contribution in [0.5, 0.6) is 0 Å². The lowest BCUT2D eigenvalue weighted by atomic mass is 9.94. The summed E-state index contributed by atoms with van der Waals surface area (Å²) in [7, 11) is 0. The topological polar surface area (TPSA) is 50.8 Å². The molecule has 144 valence electrons. The SMILES string of the molecule is [2H]C([2H])(OCCC1CCN(C(=O)OCc2ccccc2)CC1)C1CCNCC1. The van der Waals surface area contributed by atoms with E-state index in [-0.39, 0.29) is 12.0 Å². The lowest BCUT2D eigenvalue weighted by molar-refractivity contribution is 0.0608. The van der Waals surface area contributed by atoms with Crippen LogP contribution in [0.25, 0.3) is 0 Å². The van der Waals surface area contributed by atoms with Crippen molar-refractivity contribution >= 4 is 6.09 Å². The van der Waals surface area contributed by atoms with Gasteiger partial charge in [0.05, 0.1) is 2.74 Å². The molecule has 0 radical (unpaired) electrons. The van der Waals surface area contributed by atoms with E-state index in [1.165, 1.54) is 0 Å². The van der Waals surface area contributed by atoms with E-state index in [0.29, 0.717) is 32.2 Å². The number of carbonyl (C=O) groups is 1. The lowest BCUT2D eigenvalue weighted by Crippen LogP contribution is -2.39. The predicted molar refractivity (Wildman–Crippen MR) is 102 cm³/mol. The third-order valence-electron chi connectivity index (χ3n) is 5.30. The number of benzene rings is 1. The van der Waals surface area contributed by atoms with Crippen LogP contribution in [0.15, 0.2) is 30.3 Å². The van der Waals surface area contributed by atoms with Crippen molar-refractivity contribution in [3.8, 4) is 0 Å². The van der Waals surface area contributed by atoms with Gasteiger partial charge in [-0.25, -0.2) is 4.79 Å². The zero-order valence-corrected chi connectivity index (χ0v) is 15.5. The molecule has 0 saturated carbocycles. The van der Waals surface area contributed by atoms with Crippen LogP contribution in [0.3, 0.4) is 0 Å². The molecule has 5 heteroatoms. The average Bonchev–Trinajstić information content (AvgIpc) is 2.74. The van der Waals surface area contributed by atoms with Gasteiger partial charge in [-0.3, -0.25) is 0 Å². The average molecular weight is 363 g/mol. The summed E-state index contributed by atoms with van der Waals surface area (Å²) < 4.78 is 27.4. The first kappa shape index (κ1) is 16.6. The van der Waals surface area contributed by atoms with Gasteiger partial charge < -0.3 is 19.7 Å². The number of amides is 1. The maximum atomic E-state index is 12.2. The Hall–Kier alpha value is -1.59. The van der Waals surface area contributed by atoms with Gasteiger partial charge in [0.25, 0.3) is 0 Å². The summed E-state index contributed by atoms with van der Waals surface area (Å²) in [4.78, 5) is 14.0. The van der Waals surface area contributed by atoms with Gasteiger partial charge >= 0.3 is 6.09 Å². The molecule has 26 heavy (non-hydrogen) atoms. The van der Waals surface area contributed by atoms with E-state index in [0.717, 1.165) is 50.8 Å². The van der Waals surface area contributed by atoms with Gasteiger partial charge in [0.2, 0.25) is 0 Å². The molecule has 2 fully saturated rings. The van der Waals surface area contributed by atoms with Gasteiger partial charge in [0.1, 0.15) is 6.61 Å². The monoisotopic (exact) mass is 362 g/mol. The zero-order valence-electron chi connectivity index (χ0n) is 17.5. The smallest absolute Gasteiger partial charge is 0.410 e. The Labute approximate surface area is 159 Å². The molecule has 2 aliphatic heterocycles. The van der Waals surface area contributed by atoms with Gasteiger partial charge in [-0.05, 0) is 62.6 Å². The number of nitrogens with zero attached hydrogens (tertiary/aromatic N) is 1. The Balaban J connectivity index is 1.32. The van der Waals surface area contributed by atoms with Crippen LogP contribution >= 0.6 is 0 Å². The normalized spacial score (nSPS) is 21.2.